The molecule has 1 aromatic rings. The van der Waals surface area contributed by atoms with Gasteiger partial charge in [-0.3, -0.25) is 0 Å². The van der Waals surface area contributed by atoms with E-state index in [1.54, 1.807) is 13.1 Å². The summed E-state index contributed by atoms with van der Waals surface area (Å²) in [6.45, 7) is 0. The van der Waals surface area contributed by atoms with Gasteiger partial charge >= 0.3 is 0 Å². The van der Waals surface area contributed by atoms with E-state index in [2.05, 4.69) is 5.32 Å². The average Bonchev–Trinajstić information content (AvgIpc) is 1.95. The molecule has 3 nitrogen and oxygen atoms in total. The molecule has 1 rings (SSSR count). The lowest BCUT2D eigenvalue weighted by molar-refractivity contribution is 0.404. The maximum atomic E-state index is 8.94. The second kappa shape index (κ2) is 3.71. The van der Waals surface area contributed by atoms with Gasteiger partial charge in [-0.25, -0.2) is 0 Å². The monoisotopic (exact) mass is 155 g/mol. The van der Waals surface area contributed by atoms with E-state index in [9.17, 15) is 0 Å². The van der Waals surface area contributed by atoms with Crippen molar-refractivity contribution in [3.63, 3.8) is 0 Å². The first-order valence-corrected chi connectivity index (χ1v) is 2.94. The van der Waals surface area contributed by atoms with E-state index in [-0.39, 0.29) is 18.9 Å². The largest absolute Gasteiger partial charge is 0.504 e. The fraction of sp³-hybridized carbons (Fsp3) is 0.250. The summed E-state index contributed by atoms with van der Waals surface area (Å²) in [4.78, 5) is 0. The van der Waals surface area contributed by atoms with E-state index < -0.39 is 0 Å². The smallest absolute Gasteiger partial charge is 0.159 e. The van der Waals surface area contributed by atoms with Crippen LogP contribution in [-0.4, -0.2) is 17.3 Å². The number of aromatic hydroxyl groups is 2. The Kier molecular flexibility index (Phi) is 3.24. The summed E-state index contributed by atoms with van der Waals surface area (Å²) in [6.07, 6.45) is 0. The van der Waals surface area contributed by atoms with Crippen LogP contribution in [-0.2, 0) is 0 Å². The summed E-state index contributed by atoms with van der Waals surface area (Å²) in [5, 5.41) is 20.6. The standard InChI is InChI=1S/C7H9NO2.CH4/c1-8-5-2-3-6(9)7(10)4-5;/h2-4,8-10H,1H3;1H4. The Bertz CT molecular complexity index is 236. The van der Waals surface area contributed by atoms with Crippen molar-refractivity contribution < 1.29 is 10.2 Å². The summed E-state index contributed by atoms with van der Waals surface area (Å²) < 4.78 is 0. The van der Waals surface area contributed by atoms with Crippen LogP contribution in [0, 0.1) is 0 Å². The molecule has 11 heavy (non-hydrogen) atoms. The Morgan fingerprint density at radius 1 is 1.18 bits per heavy atom. The van der Waals surface area contributed by atoms with Gasteiger partial charge in [-0.15, -0.1) is 0 Å². The highest BCUT2D eigenvalue weighted by Crippen LogP contribution is 2.26. The normalized spacial score (nSPS) is 8.45. The molecule has 0 aromatic heterocycles. The highest BCUT2D eigenvalue weighted by atomic mass is 16.3. The number of hydrogen-bond acceptors (Lipinski definition) is 3. The van der Waals surface area contributed by atoms with Gasteiger partial charge in [0.15, 0.2) is 11.5 Å². The molecule has 0 heterocycles. The minimum absolute atomic E-state index is 0. The Balaban J connectivity index is 0.000001000. The van der Waals surface area contributed by atoms with Crippen molar-refractivity contribution in [3.05, 3.63) is 18.2 Å². The van der Waals surface area contributed by atoms with Crippen molar-refractivity contribution in [2.45, 2.75) is 7.43 Å². The first kappa shape index (κ1) is 9.62. The molecule has 0 aliphatic rings. The molecule has 0 spiro atoms. The van der Waals surface area contributed by atoms with Crippen LogP contribution >= 0.6 is 0 Å². The fourth-order valence-electron chi connectivity index (χ4n) is 0.679. The molecule has 1 aromatic carbocycles. The lowest BCUT2D eigenvalue weighted by atomic mass is 10.3. The molecule has 0 fully saturated rings. The zero-order valence-corrected chi connectivity index (χ0v) is 5.63. The van der Waals surface area contributed by atoms with Crippen LogP contribution in [0.5, 0.6) is 11.5 Å². The fourth-order valence-corrected chi connectivity index (χ4v) is 0.679. The SMILES string of the molecule is C.CNc1ccc(O)c(O)c1. The summed E-state index contributed by atoms with van der Waals surface area (Å²) in [6, 6.07) is 4.56. The molecule has 62 valence electrons. The number of benzene rings is 1. The zero-order chi connectivity index (χ0) is 7.56. The number of anilines is 1. The molecule has 0 atom stereocenters. The molecular formula is C8H13NO2. The average molecular weight is 155 g/mol. The van der Waals surface area contributed by atoms with Crippen LogP contribution in [0.3, 0.4) is 0 Å². The molecule has 0 bridgehead atoms. The summed E-state index contributed by atoms with van der Waals surface area (Å²) in [5.74, 6) is -0.203. The maximum absolute atomic E-state index is 8.94. The van der Waals surface area contributed by atoms with Gasteiger partial charge in [0.2, 0.25) is 0 Å². The highest BCUT2D eigenvalue weighted by molar-refractivity contribution is 5.52. The molecule has 0 saturated heterocycles. The number of rotatable bonds is 1. The van der Waals surface area contributed by atoms with Crippen LogP contribution in [0.25, 0.3) is 0 Å². The van der Waals surface area contributed by atoms with Crippen molar-refractivity contribution >= 4 is 5.69 Å². The van der Waals surface area contributed by atoms with E-state index in [1.807, 2.05) is 0 Å². The van der Waals surface area contributed by atoms with E-state index in [1.165, 1.54) is 12.1 Å². The molecule has 0 aliphatic carbocycles. The van der Waals surface area contributed by atoms with Gasteiger partial charge in [0.05, 0.1) is 0 Å². The lowest BCUT2D eigenvalue weighted by Crippen LogP contribution is -1.85. The maximum Gasteiger partial charge on any atom is 0.159 e. The first-order valence-electron chi connectivity index (χ1n) is 2.94. The van der Waals surface area contributed by atoms with Gasteiger partial charge in [-0.2, -0.15) is 0 Å². The van der Waals surface area contributed by atoms with Crippen molar-refractivity contribution in [2.24, 2.45) is 0 Å². The van der Waals surface area contributed by atoms with Gasteiger partial charge in [0.25, 0.3) is 0 Å². The van der Waals surface area contributed by atoms with Crippen molar-refractivity contribution in [1.29, 1.82) is 0 Å². The second-order valence-corrected chi connectivity index (χ2v) is 1.95. The summed E-state index contributed by atoms with van der Waals surface area (Å²) >= 11 is 0. The molecule has 3 heteroatoms. The van der Waals surface area contributed by atoms with Gasteiger partial charge in [0.1, 0.15) is 0 Å². The van der Waals surface area contributed by atoms with Gasteiger partial charge in [0, 0.05) is 18.8 Å². The molecule has 0 saturated carbocycles. The van der Waals surface area contributed by atoms with Crippen LogP contribution in [0.4, 0.5) is 5.69 Å². The van der Waals surface area contributed by atoms with Crippen molar-refractivity contribution in [2.75, 3.05) is 12.4 Å². The Morgan fingerprint density at radius 3 is 2.27 bits per heavy atom. The Morgan fingerprint density at radius 2 is 1.82 bits per heavy atom. The van der Waals surface area contributed by atoms with Gasteiger partial charge in [-0.1, -0.05) is 7.43 Å². The minimum Gasteiger partial charge on any atom is -0.504 e. The summed E-state index contributed by atoms with van der Waals surface area (Å²) in [7, 11) is 1.74. The third kappa shape index (κ3) is 2.04. The van der Waals surface area contributed by atoms with E-state index in [0.29, 0.717) is 0 Å². The van der Waals surface area contributed by atoms with E-state index in [0.717, 1.165) is 5.69 Å². The van der Waals surface area contributed by atoms with E-state index in [4.69, 9.17) is 10.2 Å². The van der Waals surface area contributed by atoms with Gasteiger partial charge in [-0.05, 0) is 12.1 Å². The second-order valence-electron chi connectivity index (χ2n) is 1.95. The van der Waals surface area contributed by atoms with E-state index >= 15 is 0 Å². The number of phenols is 2. The number of phenolic OH excluding ortho intramolecular Hbond substituents is 2. The van der Waals surface area contributed by atoms with Gasteiger partial charge < -0.3 is 15.5 Å². The lowest BCUT2D eigenvalue weighted by Gasteiger charge is -2.00. The van der Waals surface area contributed by atoms with Crippen LogP contribution in [0.15, 0.2) is 18.2 Å². The van der Waals surface area contributed by atoms with Crippen LogP contribution in [0.1, 0.15) is 7.43 Å². The molecule has 0 unspecified atom stereocenters. The molecule has 0 aliphatic heterocycles. The Hall–Kier alpha value is -1.38. The Labute approximate surface area is 66.3 Å². The molecular weight excluding hydrogens is 142 g/mol. The number of hydrogen-bond donors (Lipinski definition) is 3. The minimum atomic E-state index is -0.105. The molecule has 0 amide bonds. The topological polar surface area (TPSA) is 52.5 Å². The predicted octanol–water partition coefficient (Wildman–Crippen LogP) is 1.78. The number of nitrogens with one attached hydrogen (secondary N) is 1. The zero-order valence-electron chi connectivity index (χ0n) is 5.63. The molecule has 0 radical (unpaired) electrons. The van der Waals surface area contributed by atoms with Crippen molar-refractivity contribution in [3.8, 4) is 11.5 Å². The van der Waals surface area contributed by atoms with Crippen LogP contribution < -0.4 is 5.32 Å². The predicted molar refractivity (Wildman–Crippen MR) is 46.0 cm³/mol. The first-order chi connectivity index (χ1) is 4.74. The third-order valence-electron chi connectivity index (χ3n) is 1.26. The van der Waals surface area contributed by atoms with Crippen LogP contribution in [0.2, 0.25) is 0 Å². The quantitative estimate of drug-likeness (QED) is 0.428. The molecule has 3 N–H and O–H groups in total. The highest BCUT2D eigenvalue weighted by Gasteiger charge is 1.96. The summed E-state index contributed by atoms with van der Waals surface area (Å²) in [5.41, 5.74) is 0.773. The third-order valence-corrected chi connectivity index (χ3v) is 1.26. The van der Waals surface area contributed by atoms with Crippen molar-refractivity contribution in [1.82, 2.24) is 0 Å².